The van der Waals surface area contributed by atoms with E-state index >= 15 is 0 Å². The van der Waals surface area contributed by atoms with Crippen molar-refractivity contribution >= 4 is 0 Å². The van der Waals surface area contributed by atoms with E-state index in [-0.39, 0.29) is 11.5 Å². The van der Waals surface area contributed by atoms with Crippen LogP contribution in [0.4, 0.5) is 0 Å². The molecule has 1 rings (SSSR count). The molecule has 96 valence electrons. The van der Waals surface area contributed by atoms with Crippen molar-refractivity contribution < 1.29 is 4.74 Å². The van der Waals surface area contributed by atoms with Crippen molar-refractivity contribution in [3.05, 3.63) is 28.8 Å². The predicted molar refractivity (Wildman–Crippen MR) is 73.5 cm³/mol. The van der Waals surface area contributed by atoms with Crippen LogP contribution in [0.1, 0.15) is 49.9 Å². The Hall–Kier alpha value is -1.02. The zero-order valence-electron chi connectivity index (χ0n) is 11.9. The van der Waals surface area contributed by atoms with Crippen molar-refractivity contribution in [1.29, 1.82) is 0 Å². The highest BCUT2D eigenvalue weighted by molar-refractivity contribution is 5.46. The molecule has 0 amide bonds. The minimum absolute atomic E-state index is 0.0317. The fourth-order valence-electron chi connectivity index (χ4n) is 2.14. The van der Waals surface area contributed by atoms with E-state index < -0.39 is 0 Å². The predicted octanol–water partition coefficient (Wildman–Crippen LogP) is 3.75. The van der Waals surface area contributed by atoms with Crippen molar-refractivity contribution in [1.82, 2.24) is 0 Å². The molecule has 0 saturated heterocycles. The van der Waals surface area contributed by atoms with E-state index in [1.165, 1.54) is 11.1 Å². The number of methoxy groups -OCH3 is 1. The second-order valence-corrected chi connectivity index (χ2v) is 6.00. The lowest BCUT2D eigenvalue weighted by atomic mass is 9.85. The van der Waals surface area contributed by atoms with Gasteiger partial charge in [-0.15, -0.1) is 0 Å². The molecule has 0 spiro atoms. The molecule has 0 aromatic heterocycles. The average molecular weight is 235 g/mol. The van der Waals surface area contributed by atoms with Gasteiger partial charge in [0.1, 0.15) is 5.75 Å². The summed E-state index contributed by atoms with van der Waals surface area (Å²) in [4.78, 5) is 0. The van der Waals surface area contributed by atoms with Gasteiger partial charge in [0.15, 0.2) is 0 Å². The Morgan fingerprint density at radius 1 is 1.24 bits per heavy atom. The van der Waals surface area contributed by atoms with Gasteiger partial charge in [-0.25, -0.2) is 0 Å². The van der Waals surface area contributed by atoms with Gasteiger partial charge in [-0.2, -0.15) is 0 Å². The molecule has 2 nitrogen and oxygen atoms in total. The van der Waals surface area contributed by atoms with Gasteiger partial charge < -0.3 is 10.5 Å². The summed E-state index contributed by atoms with van der Waals surface area (Å²) < 4.78 is 5.51. The van der Waals surface area contributed by atoms with Gasteiger partial charge in [0.2, 0.25) is 0 Å². The summed E-state index contributed by atoms with van der Waals surface area (Å²) in [5.74, 6) is 0.946. The summed E-state index contributed by atoms with van der Waals surface area (Å²) in [7, 11) is 1.72. The number of ether oxygens (including phenoxy) is 1. The Labute approximate surface area is 105 Å². The maximum absolute atomic E-state index is 6.30. The first-order valence-electron chi connectivity index (χ1n) is 6.16. The molecule has 17 heavy (non-hydrogen) atoms. The zero-order valence-corrected chi connectivity index (χ0v) is 11.9. The Bertz CT molecular complexity index is 391. The Morgan fingerprint density at radius 3 is 2.29 bits per heavy atom. The van der Waals surface area contributed by atoms with E-state index in [0.29, 0.717) is 0 Å². The third-order valence-corrected chi connectivity index (χ3v) is 3.14. The lowest BCUT2D eigenvalue weighted by Gasteiger charge is -2.25. The highest BCUT2D eigenvalue weighted by Crippen LogP contribution is 2.35. The van der Waals surface area contributed by atoms with Crippen molar-refractivity contribution in [3.8, 4) is 5.75 Å². The molecule has 2 N–H and O–H groups in total. The summed E-state index contributed by atoms with van der Waals surface area (Å²) in [6, 6.07) is 4.25. The number of hydrogen-bond acceptors (Lipinski definition) is 2. The minimum Gasteiger partial charge on any atom is -0.496 e. The first-order chi connectivity index (χ1) is 7.76. The second kappa shape index (κ2) is 5.09. The van der Waals surface area contributed by atoms with Crippen LogP contribution in [-0.4, -0.2) is 7.11 Å². The van der Waals surface area contributed by atoms with Gasteiger partial charge in [0.05, 0.1) is 7.11 Å². The molecule has 1 atom stereocenters. The Morgan fingerprint density at radius 2 is 1.82 bits per heavy atom. The number of aryl methyl sites for hydroxylation is 1. The first-order valence-corrected chi connectivity index (χ1v) is 6.16. The second-order valence-electron chi connectivity index (χ2n) is 6.00. The van der Waals surface area contributed by atoms with Crippen LogP contribution in [0.3, 0.4) is 0 Å². The van der Waals surface area contributed by atoms with Crippen LogP contribution in [0.25, 0.3) is 0 Å². The zero-order chi connectivity index (χ0) is 13.2. The molecule has 0 bridgehead atoms. The van der Waals surface area contributed by atoms with Gasteiger partial charge in [-0.3, -0.25) is 0 Å². The molecule has 0 radical (unpaired) electrons. The van der Waals surface area contributed by atoms with Gasteiger partial charge in [0, 0.05) is 11.6 Å². The molecule has 0 aliphatic heterocycles. The quantitative estimate of drug-likeness (QED) is 0.866. The van der Waals surface area contributed by atoms with Crippen LogP contribution < -0.4 is 10.5 Å². The van der Waals surface area contributed by atoms with Gasteiger partial charge in [-0.05, 0) is 36.8 Å². The molecule has 0 aliphatic rings. The van der Waals surface area contributed by atoms with E-state index in [1.807, 2.05) is 0 Å². The van der Waals surface area contributed by atoms with Crippen molar-refractivity contribution in [2.45, 2.75) is 47.1 Å². The molecule has 0 heterocycles. The molecule has 0 fully saturated rings. The Kier molecular flexibility index (Phi) is 4.21. The molecule has 1 unspecified atom stereocenters. The number of benzene rings is 1. The molecule has 2 heteroatoms. The molecule has 1 aromatic rings. The summed E-state index contributed by atoms with van der Waals surface area (Å²) in [5, 5.41) is 0. The van der Waals surface area contributed by atoms with Gasteiger partial charge in [0.25, 0.3) is 0 Å². The van der Waals surface area contributed by atoms with Crippen LogP contribution in [0, 0.1) is 19.3 Å². The van der Waals surface area contributed by atoms with E-state index in [2.05, 4.69) is 46.8 Å². The van der Waals surface area contributed by atoms with Crippen molar-refractivity contribution in [2.24, 2.45) is 11.1 Å². The molecule has 1 aromatic carbocycles. The molecular formula is C15H25NO. The summed E-state index contributed by atoms with van der Waals surface area (Å²) in [6.07, 6.45) is 0.950. The number of rotatable bonds is 3. The monoisotopic (exact) mass is 235 g/mol. The molecular weight excluding hydrogens is 210 g/mol. The van der Waals surface area contributed by atoms with Crippen LogP contribution >= 0.6 is 0 Å². The van der Waals surface area contributed by atoms with Crippen LogP contribution in [0.15, 0.2) is 12.1 Å². The minimum atomic E-state index is 0.0317. The van der Waals surface area contributed by atoms with Crippen LogP contribution in [-0.2, 0) is 0 Å². The molecule has 0 aliphatic carbocycles. The topological polar surface area (TPSA) is 35.2 Å². The average Bonchev–Trinajstić information content (AvgIpc) is 2.19. The maximum Gasteiger partial charge on any atom is 0.126 e. The summed E-state index contributed by atoms with van der Waals surface area (Å²) in [5.41, 5.74) is 10.1. The SMILES string of the molecule is COc1c(C(N)CC(C)(C)C)ccc(C)c1C. The fourth-order valence-corrected chi connectivity index (χ4v) is 2.14. The van der Waals surface area contributed by atoms with Crippen molar-refractivity contribution in [2.75, 3.05) is 7.11 Å². The summed E-state index contributed by atoms with van der Waals surface area (Å²) in [6.45, 7) is 10.8. The standard InChI is InChI=1S/C15H25NO/c1-10-7-8-12(14(17-6)11(10)2)13(16)9-15(3,4)5/h7-8,13H,9,16H2,1-6H3. The summed E-state index contributed by atoms with van der Waals surface area (Å²) >= 11 is 0. The van der Waals surface area contributed by atoms with E-state index in [0.717, 1.165) is 17.7 Å². The van der Waals surface area contributed by atoms with E-state index in [1.54, 1.807) is 7.11 Å². The van der Waals surface area contributed by atoms with Crippen LogP contribution in [0.2, 0.25) is 0 Å². The first kappa shape index (κ1) is 14.0. The van der Waals surface area contributed by atoms with E-state index in [4.69, 9.17) is 10.5 Å². The third kappa shape index (κ3) is 3.47. The largest absolute Gasteiger partial charge is 0.496 e. The number of nitrogens with two attached hydrogens (primary N) is 1. The molecule has 0 saturated carbocycles. The smallest absolute Gasteiger partial charge is 0.126 e. The normalized spacial score (nSPS) is 13.6. The van der Waals surface area contributed by atoms with Crippen LogP contribution in [0.5, 0.6) is 5.75 Å². The lowest BCUT2D eigenvalue weighted by molar-refractivity contribution is 0.334. The number of hydrogen-bond donors (Lipinski definition) is 1. The highest BCUT2D eigenvalue weighted by Gasteiger charge is 2.20. The fraction of sp³-hybridized carbons (Fsp3) is 0.600. The van der Waals surface area contributed by atoms with Crippen molar-refractivity contribution in [3.63, 3.8) is 0 Å². The van der Waals surface area contributed by atoms with Gasteiger partial charge in [-0.1, -0.05) is 32.9 Å². The maximum atomic E-state index is 6.30. The lowest BCUT2D eigenvalue weighted by Crippen LogP contribution is -2.19. The highest BCUT2D eigenvalue weighted by atomic mass is 16.5. The third-order valence-electron chi connectivity index (χ3n) is 3.14. The van der Waals surface area contributed by atoms with Gasteiger partial charge >= 0.3 is 0 Å². The van der Waals surface area contributed by atoms with E-state index in [9.17, 15) is 0 Å². The Balaban J connectivity index is 3.10.